The highest BCUT2D eigenvalue weighted by Gasteiger charge is 2.12. The van der Waals surface area contributed by atoms with E-state index in [-0.39, 0.29) is 5.89 Å². The number of hydrogen-bond donors (Lipinski definition) is 1. The second-order valence-electron chi connectivity index (χ2n) is 3.36. The van der Waals surface area contributed by atoms with Crippen LogP contribution < -0.4 is 0 Å². The molecule has 16 heavy (non-hydrogen) atoms. The lowest BCUT2D eigenvalue weighted by atomic mass is 10.2. The molecule has 0 saturated heterocycles. The number of aliphatic hydroxyl groups excluding tert-OH is 1. The Labute approximate surface area is 97.7 Å². The maximum absolute atomic E-state index is 9.27. The monoisotopic (exact) mass is 236 g/mol. The molecule has 1 aromatic carbocycles. The van der Waals surface area contributed by atoms with E-state index in [0.29, 0.717) is 5.82 Å². The molecule has 1 N–H and O–H groups in total. The van der Waals surface area contributed by atoms with E-state index in [2.05, 4.69) is 10.1 Å². The maximum atomic E-state index is 9.27. The molecule has 0 aliphatic rings. The first-order chi connectivity index (χ1) is 7.70. The van der Waals surface area contributed by atoms with E-state index in [4.69, 9.17) is 4.52 Å². The summed E-state index contributed by atoms with van der Waals surface area (Å²) in [6.45, 7) is 1.59. The fourth-order valence-electron chi connectivity index (χ4n) is 1.26. The van der Waals surface area contributed by atoms with Gasteiger partial charge in [0.1, 0.15) is 6.10 Å². The van der Waals surface area contributed by atoms with Gasteiger partial charge in [0.2, 0.25) is 5.82 Å². The zero-order valence-corrected chi connectivity index (χ0v) is 9.86. The topological polar surface area (TPSA) is 59.2 Å². The Kier molecular flexibility index (Phi) is 3.26. The van der Waals surface area contributed by atoms with Crippen LogP contribution in [0, 0.1) is 0 Å². The summed E-state index contributed by atoms with van der Waals surface area (Å²) in [5.74, 6) is 0.743. The molecule has 0 spiro atoms. The van der Waals surface area contributed by atoms with Gasteiger partial charge in [-0.3, -0.25) is 0 Å². The quantitative estimate of drug-likeness (QED) is 0.830. The van der Waals surface area contributed by atoms with Gasteiger partial charge in [-0.1, -0.05) is 5.16 Å². The van der Waals surface area contributed by atoms with E-state index in [1.165, 1.54) is 4.90 Å². The predicted molar refractivity (Wildman–Crippen MR) is 62.1 cm³/mol. The van der Waals surface area contributed by atoms with Gasteiger partial charge in [0.25, 0.3) is 5.89 Å². The number of rotatable bonds is 3. The van der Waals surface area contributed by atoms with Crippen molar-refractivity contribution < 1.29 is 9.63 Å². The van der Waals surface area contributed by atoms with Crippen LogP contribution in [0.25, 0.3) is 11.4 Å². The second kappa shape index (κ2) is 4.67. The summed E-state index contributed by atoms with van der Waals surface area (Å²) in [4.78, 5) is 5.28. The van der Waals surface area contributed by atoms with Gasteiger partial charge >= 0.3 is 0 Å². The number of aliphatic hydroxyl groups is 1. The minimum absolute atomic E-state index is 0.240. The van der Waals surface area contributed by atoms with Crippen molar-refractivity contribution in [2.24, 2.45) is 0 Å². The fourth-order valence-corrected chi connectivity index (χ4v) is 1.67. The van der Waals surface area contributed by atoms with Gasteiger partial charge in [-0.15, -0.1) is 11.8 Å². The third kappa shape index (κ3) is 2.25. The Morgan fingerprint density at radius 3 is 2.50 bits per heavy atom. The van der Waals surface area contributed by atoms with Crippen molar-refractivity contribution in [3.63, 3.8) is 0 Å². The van der Waals surface area contributed by atoms with Crippen molar-refractivity contribution in [3.05, 3.63) is 30.2 Å². The van der Waals surface area contributed by atoms with Crippen molar-refractivity contribution in [2.75, 3.05) is 6.26 Å². The van der Waals surface area contributed by atoms with Crippen LogP contribution in [0.15, 0.2) is 33.7 Å². The van der Waals surface area contributed by atoms with Crippen molar-refractivity contribution in [1.29, 1.82) is 0 Å². The Morgan fingerprint density at radius 2 is 2.00 bits per heavy atom. The highest BCUT2D eigenvalue weighted by Crippen LogP contribution is 2.21. The van der Waals surface area contributed by atoms with Crippen LogP contribution in [0.1, 0.15) is 18.9 Å². The molecule has 5 heteroatoms. The number of benzene rings is 1. The standard InChI is InChI=1S/C11H12N2O2S/c1-7(14)11-12-10(13-15-11)8-3-5-9(16-2)6-4-8/h3-7,14H,1-2H3. The molecule has 84 valence electrons. The van der Waals surface area contributed by atoms with Crippen LogP contribution in [0.4, 0.5) is 0 Å². The first kappa shape index (κ1) is 11.2. The summed E-state index contributed by atoms with van der Waals surface area (Å²) in [6, 6.07) is 7.86. The lowest BCUT2D eigenvalue weighted by Gasteiger charge is -1.97. The smallest absolute Gasteiger partial charge is 0.255 e. The van der Waals surface area contributed by atoms with E-state index < -0.39 is 6.10 Å². The van der Waals surface area contributed by atoms with E-state index in [1.54, 1.807) is 18.7 Å². The summed E-state index contributed by atoms with van der Waals surface area (Å²) in [7, 11) is 0. The van der Waals surface area contributed by atoms with Crippen molar-refractivity contribution >= 4 is 11.8 Å². The first-order valence-corrected chi connectivity index (χ1v) is 6.09. The van der Waals surface area contributed by atoms with Gasteiger partial charge < -0.3 is 9.63 Å². The van der Waals surface area contributed by atoms with Gasteiger partial charge in [-0.05, 0) is 37.4 Å². The molecular formula is C11H12N2O2S. The third-order valence-corrected chi connectivity index (χ3v) is 2.89. The fraction of sp³-hybridized carbons (Fsp3) is 0.273. The largest absolute Gasteiger partial charge is 0.384 e. The van der Waals surface area contributed by atoms with Crippen LogP contribution in [0.2, 0.25) is 0 Å². The Balaban J connectivity index is 2.28. The summed E-state index contributed by atoms with van der Waals surface area (Å²) in [5, 5.41) is 13.1. The van der Waals surface area contributed by atoms with Gasteiger partial charge in [0.05, 0.1) is 0 Å². The molecule has 0 saturated carbocycles. The third-order valence-electron chi connectivity index (χ3n) is 2.15. The van der Waals surface area contributed by atoms with Crippen LogP contribution >= 0.6 is 11.8 Å². The molecule has 1 aromatic heterocycles. The van der Waals surface area contributed by atoms with E-state index in [0.717, 1.165) is 5.56 Å². The molecule has 0 bridgehead atoms. The van der Waals surface area contributed by atoms with Crippen molar-refractivity contribution in [2.45, 2.75) is 17.9 Å². The van der Waals surface area contributed by atoms with Crippen LogP contribution in [-0.2, 0) is 0 Å². The number of nitrogens with zero attached hydrogens (tertiary/aromatic N) is 2. The molecule has 0 amide bonds. The molecule has 0 aliphatic heterocycles. The van der Waals surface area contributed by atoms with E-state index in [9.17, 15) is 5.11 Å². The van der Waals surface area contributed by atoms with Gasteiger partial charge in [-0.2, -0.15) is 4.98 Å². The highest BCUT2D eigenvalue weighted by atomic mass is 32.2. The zero-order chi connectivity index (χ0) is 11.5. The normalized spacial score (nSPS) is 12.7. The number of aromatic nitrogens is 2. The summed E-state index contributed by atoms with van der Waals surface area (Å²) >= 11 is 1.68. The van der Waals surface area contributed by atoms with E-state index in [1.807, 2.05) is 30.5 Å². The average Bonchev–Trinajstić information content (AvgIpc) is 2.78. The maximum Gasteiger partial charge on any atom is 0.255 e. The molecule has 1 heterocycles. The second-order valence-corrected chi connectivity index (χ2v) is 4.24. The molecule has 2 aromatic rings. The Morgan fingerprint density at radius 1 is 1.31 bits per heavy atom. The van der Waals surface area contributed by atoms with Crippen LogP contribution in [0.5, 0.6) is 0 Å². The lowest BCUT2D eigenvalue weighted by molar-refractivity contribution is 0.152. The molecule has 1 atom stereocenters. The van der Waals surface area contributed by atoms with E-state index >= 15 is 0 Å². The molecule has 0 aliphatic carbocycles. The molecule has 2 rings (SSSR count). The minimum Gasteiger partial charge on any atom is -0.384 e. The van der Waals surface area contributed by atoms with Crippen LogP contribution in [0.3, 0.4) is 0 Å². The van der Waals surface area contributed by atoms with Gasteiger partial charge in [0.15, 0.2) is 0 Å². The Bertz CT molecular complexity index is 465. The molecule has 1 unspecified atom stereocenters. The van der Waals surface area contributed by atoms with Crippen molar-refractivity contribution in [3.8, 4) is 11.4 Å². The molecular weight excluding hydrogens is 224 g/mol. The molecule has 4 nitrogen and oxygen atoms in total. The summed E-state index contributed by atoms with van der Waals surface area (Å²) < 4.78 is 4.92. The number of hydrogen-bond acceptors (Lipinski definition) is 5. The van der Waals surface area contributed by atoms with Crippen molar-refractivity contribution in [1.82, 2.24) is 10.1 Å². The predicted octanol–water partition coefficient (Wildman–Crippen LogP) is 2.51. The highest BCUT2D eigenvalue weighted by molar-refractivity contribution is 7.98. The summed E-state index contributed by atoms with van der Waals surface area (Å²) in [6.07, 6.45) is 1.29. The SMILES string of the molecule is CSc1ccc(-c2noc(C(C)O)n2)cc1. The Hall–Kier alpha value is -1.33. The van der Waals surface area contributed by atoms with Crippen LogP contribution in [-0.4, -0.2) is 21.5 Å². The zero-order valence-electron chi connectivity index (χ0n) is 9.04. The molecule has 0 fully saturated rings. The summed E-state index contributed by atoms with van der Waals surface area (Å²) in [5.41, 5.74) is 0.883. The first-order valence-electron chi connectivity index (χ1n) is 4.87. The minimum atomic E-state index is -0.730. The van der Waals surface area contributed by atoms with Gasteiger partial charge in [0, 0.05) is 10.5 Å². The number of thioether (sulfide) groups is 1. The molecule has 0 radical (unpaired) electrons. The average molecular weight is 236 g/mol. The lowest BCUT2D eigenvalue weighted by Crippen LogP contribution is -1.90. The van der Waals surface area contributed by atoms with Gasteiger partial charge in [-0.25, -0.2) is 0 Å².